The summed E-state index contributed by atoms with van der Waals surface area (Å²) in [6, 6.07) is 0. The Kier molecular flexibility index (Phi) is 6.19. The summed E-state index contributed by atoms with van der Waals surface area (Å²) in [5.41, 5.74) is 0.403. The zero-order valence-corrected chi connectivity index (χ0v) is 14.7. The molecule has 2 N–H and O–H groups in total. The maximum atomic E-state index is 12.7. The lowest BCUT2D eigenvalue weighted by Gasteiger charge is -2.25. The highest BCUT2D eigenvalue weighted by atomic mass is 32.2. The Morgan fingerprint density at radius 2 is 1.95 bits per heavy atom. The van der Waals surface area contributed by atoms with Crippen molar-refractivity contribution in [3.05, 3.63) is 15.8 Å². The van der Waals surface area contributed by atoms with E-state index in [1.54, 1.807) is 0 Å². The van der Waals surface area contributed by atoms with Gasteiger partial charge >= 0.3 is 0 Å². The second-order valence-electron chi connectivity index (χ2n) is 5.69. The molecule has 0 atom stereocenters. The molecular weight excluding hydrogens is 292 g/mol. The summed E-state index contributed by atoms with van der Waals surface area (Å²) in [6.45, 7) is 11.2. The van der Waals surface area contributed by atoms with Crippen LogP contribution >= 0.6 is 11.3 Å². The van der Waals surface area contributed by atoms with E-state index in [0.717, 1.165) is 29.8 Å². The first-order chi connectivity index (χ1) is 9.23. The normalized spacial score (nSPS) is 12.8. The summed E-state index contributed by atoms with van der Waals surface area (Å²) in [7, 11) is -3.47. The maximum absolute atomic E-state index is 12.7. The first-order valence-corrected chi connectivity index (χ1v) is 9.41. The summed E-state index contributed by atoms with van der Waals surface area (Å²) in [6.07, 6.45) is 1.76. The number of rotatable bonds is 8. The number of sulfonamides is 1. The molecule has 0 fully saturated rings. The molecule has 6 heteroatoms. The van der Waals surface area contributed by atoms with E-state index >= 15 is 0 Å². The summed E-state index contributed by atoms with van der Waals surface area (Å²) in [5.74, 6) is 0. The molecule has 116 valence electrons. The fourth-order valence-corrected chi connectivity index (χ4v) is 5.52. The van der Waals surface area contributed by atoms with Crippen LogP contribution in [0.1, 0.15) is 51.0 Å². The van der Waals surface area contributed by atoms with Crippen LogP contribution < -0.4 is 10.0 Å². The van der Waals surface area contributed by atoms with Crippen molar-refractivity contribution in [1.29, 1.82) is 0 Å². The zero-order valence-electron chi connectivity index (χ0n) is 13.0. The lowest BCUT2D eigenvalue weighted by Crippen LogP contribution is -2.43. The largest absolute Gasteiger partial charge is 0.312 e. The predicted molar refractivity (Wildman–Crippen MR) is 85.7 cm³/mol. The number of hydrogen-bond donors (Lipinski definition) is 2. The third-order valence-electron chi connectivity index (χ3n) is 3.08. The molecule has 0 spiro atoms. The van der Waals surface area contributed by atoms with E-state index in [9.17, 15) is 8.42 Å². The van der Waals surface area contributed by atoms with Gasteiger partial charge in [0.2, 0.25) is 10.0 Å². The van der Waals surface area contributed by atoms with Crippen molar-refractivity contribution in [2.24, 2.45) is 0 Å². The first kappa shape index (κ1) is 17.6. The van der Waals surface area contributed by atoms with Gasteiger partial charge in [-0.3, -0.25) is 0 Å². The molecule has 0 bridgehead atoms. The highest BCUT2D eigenvalue weighted by Crippen LogP contribution is 2.28. The number of hydrogen-bond acceptors (Lipinski definition) is 4. The number of nitrogens with one attached hydrogen (secondary N) is 2. The smallest absolute Gasteiger partial charge is 0.242 e. The van der Waals surface area contributed by atoms with Crippen LogP contribution in [0, 0.1) is 6.92 Å². The minimum Gasteiger partial charge on any atom is -0.312 e. The monoisotopic (exact) mass is 318 g/mol. The van der Waals surface area contributed by atoms with Crippen molar-refractivity contribution in [3.63, 3.8) is 0 Å². The van der Waals surface area contributed by atoms with Gasteiger partial charge in [0, 0.05) is 17.0 Å². The van der Waals surface area contributed by atoms with Crippen molar-refractivity contribution in [1.82, 2.24) is 10.0 Å². The third-order valence-corrected chi connectivity index (χ3v) is 6.24. The van der Waals surface area contributed by atoms with Gasteiger partial charge in [0.05, 0.1) is 0 Å². The van der Waals surface area contributed by atoms with Gasteiger partial charge in [-0.15, -0.1) is 11.3 Å². The Morgan fingerprint density at radius 1 is 1.30 bits per heavy atom. The Bertz CT molecular complexity index is 533. The minimum atomic E-state index is -3.47. The summed E-state index contributed by atoms with van der Waals surface area (Å²) in [4.78, 5) is 1.33. The molecule has 0 unspecified atom stereocenters. The van der Waals surface area contributed by atoms with Crippen LogP contribution in [0.5, 0.6) is 0 Å². The number of aryl methyl sites for hydroxylation is 1. The molecule has 1 rings (SSSR count). The van der Waals surface area contributed by atoms with Crippen molar-refractivity contribution in [2.45, 2.75) is 64.4 Å². The molecule has 4 nitrogen and oxygen atoms in total. The average molecular weight is 319 g/mol. The molecule has 0 aliphatic carbocycles. The lowest BCUT2D eigenvalue weighted by atomic mass is 10.0. The molecule has 1 heterocycles. The SMILES string of the molecule is CCCC(C)(C)NS(=O)(=O)c1c(C)csc1CNCC. The predicted octanol–water partition coefficient (Wildman–Crippen LogP) is 3.02. The highest BCUT2D eigenvalue weighted by molar-refractivity contribution is 7.89. The van der Waals surface area contributed by atoms with Crippen LogP contribution in [0.25, 0.3) is 0 Å². The van der Waals surface area contributed by atoms with Gasteiger partial charge in [0.15, 0.2) is 0 Å². The lowest BCUT2D eigenvalue weighted by molar-refractivity contribution is 0.417. The highest BCUT2D eigenvalue weighted by Gasteiger charge is 2.29. The summed E-state index contributed by atoms with van der Waals surface area (Å²) in [5, 5.41) is 5.11. The second kappa shape index (κ2) is 7.02. The molecule has 1 aromatic heterocycles. The van der Waals surface area contributed by atoms with Crippen LogP contribution in [0.15, 0.2) is 10.3 Å². The van der Waals surface area contributed by atoms with Crippen molar-refractivity contribution < 1.29 is 8.42 Å². The third kappa shape index (κ3) is 4.55. The van der Waals surface area contributed by atoms with Crippen LogP contribution in [0.3, 0.4) is 0 Å². The van der Waals surface area contributed by atoms with E-state index in [0.29, 0.717) is 11.4 Å². The standard InChI is InChI=1S/C14H26N2O2S2/c1-6-8-14(4,5)16-20(17,18)13-11(3)10-19-12(13)9-15-7-2/h10,15-16H,6-9H2,1-5H3. The van der Waals surface area contributed by atoms with E-state index in [1.807, 2.05) is 33.1 Å². The molecular formula is C14H26N2O2S2. The maximum Gasteiger partial charge on any atom is 0.242 e. The van der Waals surface area contributed by atoms with Gasteiger partial charge in [0.25, 0.3) is 0 Å². The van der Waals surface area contributed by atoms with Gasteiger partial charge in [0.1, 0.15) is 4.90 Å². The van der Waals surface area contributed by atoms with E-state index < -0.39 is 15.6 Å². The molecule has 20 heavy (non-hydrogen) atoms. The first-order valence-electron chi connectivity index (χ1n) is 7.05. The summed E-state index contributed by atoms with van der Waals surface area (Å²) >= 11 is 1.50. The molecule has 0 aliphatic heterocycles. The topological polar surface area (TPSA) is 58.2 Å². The summed E-state index contributed by atoms with van der Waals surface area (Å²) < 4.78 is 28.2. The van der Waals surface area contributed by atoms with Gasteiger partial charge in [-0.2, -0.15) is 0 Å². The van der Waals surface area contributed by atoms with E-state index in [4.69, 9.17) is 0 Å². The molecule has 0 aliphatic rings. The fraction of sp³-hybridized carbons (Fsp3) is 0.714. The molecule has 0 aromatic carbocycles. The Labute approximate surface area is 127 Å². The van der Waals surface area contributed by atoms with Gasteiger partial charge in [-0.1, -0.05) is 20.3 Å². The quantitative estimate of drug-likeness (QED) is 0.774. The van der Waals surface area contributed by atoms with Crippen LogP contribution in [0.4, 0.5) is 0 Å². The van der Waals surface area contributed by atoms with E-state index in [-0.39, 0.29) is 0 Å². The van der Waals surface area contributed by atoms with Gasteiger partial charge < -0.3 is 5.32 Å². The Morgan fingerprint density at radius 3 is 2.50 bits per heavy atom. The fourth-order valence-electron chi connectivity index (χ4n) is 2.30. The van der Waals surface area contributed by atoms with Crippen molar-refractivity contribution in [3.8, 4) is 0 Å². The number of thiophene rings is 1. The zero-order chi connectivity index (χ0) is 15.4. The molecule has 0 saturated carbocycles. The minimum absolute atomic E-state index is 0.419. The van der Waals surface area contributed by atoms with E-state index in [1.165, 1.54) is 11.3 Å². The van der Waals surface area contributed by atoms with Gasteiger partial charge in [-0.25, -0.2) is 13.1 Å². The van der Waals surface area contributed by atoms with Crippen LogP contribution in [-0.4, -0.2) is 20.5 Å². The molecule has 0 amide bonds. The second-order valence-corrected chi connectivity index (χ2v) is 8.27. The molecule has 0 radical (unpaired) electrons. The van der Waals surface area contributed by atoms with Crippen LogP contribution in [-0.2, 0) is 16.6 Å². The van der Waals surface area contributed by atoms with Crippen molar-refractivity contribution in [2.75, 3.05) is 6.54 Å². The molecule has 0 saturated heterocycles. The molecule has 1 aromatic rings. The van der Waals surface area contributed by atoms with Gasteiger partial charge in [-0.05, 0) is 44.7 Å². The average Bonchev–Trinajstić information content (AvgIpc) is 2.66. The Balaban J connectivity index is 3.06. The van der Waals surface area contributed by atoms with E-state index in [2.05, 4.69) is 17.0 Å². The van der Waals surface area contributed by atoms with Crippen molar-refractivity contribution >= 4 is 21.4 Å². The van der Waals surface area contributed by atoms with Crippen LogP contribution in [0.2, 0.25) is 0 Å². The Hall–Kier alpha value is -0.430.